The van der Waals surface area contributed by atoms with E-state index in [1.165, 1.54) is 0 Å². The number of halogens is 1. The second-order valence-corrected chi connectivity index (χ2v) is 8.84. The van der Waals surface area contributed by atoms with Gasteiger partial charge >= 0.3 is 0 Å². The van der Waals surface area contributed by atoms with E-state index in [4.69, 9.17) is 11.6 Å². The van der Waals surface area contributed by atoms with Gasteiger partial charge in [0.2, 0.25) is 0 Å². The quantitative estimate of drug-likeness (QED) is 0.480. The summed E-state index contributed by atoms with van der Waals surface area (Å²) >= 11 is 6.54. The van der Waals surface area contributed by atoms with Gasteiger partial charge < -0.3 is 10.2 Å². The predicted octanol–water partition coefficient (Wildman–Crippen LogP) is 6.13. The van der Waals surface area contributed by atoms with Crippen molar-refractivity contribution >= 4 is 40.5 Å². The lowest BCUT2D eigenvalue weighted by molar-refractivity contribution is -0.112. The molecule has 0 saturated carbocycles. The summed E-state index contributed by atoms with van der Waals surface area (Å²) < 4.78 is 0. The molecule has 1 aliphatic heterocycles. The van der Waals surface area contributed by atoms with Crippen LogP contribution in [-0.2, 0) is 4.79 Å². The van der Waals surface area contributed by atoms with Gasteiger partial charge in [-0.2, -0.15) is 5.26 Å². The number of carbonyl (C=O) groups is 1. The Balaban J connectivity index is 1.98. The van der Waals surface area contributed by atoms with E-state index in [1.54, 1.807) is 6.08 Å². The lowest BCUT2D eigenvalue weighted by atomic mass is 9.88. The molecule has 0 saturated heterocycles. The summed E-state index contributed by atoms with van der Waals surface area (Å²) in [6, 6.07) is 11.6. The van der Waals surface area contributed by atoms with Gasteiger partial charge in [-0.1, -0.05) is 23.7 Å². The minimum Gasteiger partial charge on any atom is -0.365 e. The van der Waals surface area contributed by atoms with E-state index in [2.05, 4.69) is 37.1 Å². The second kappa shape index (κ2) is 8.01. The van der Waals surface area contributed by atoms with Gasteiger partial charge in [0.05, 0.1) is 5.54 Å². The Hall–Kier alpha value is -3.03. The topological polar surface area (TPSA) is 56.1 Å². The highest BCUT2D eigenvalue weighted by molar-refractivity contribution is 6.32. The van der Waals surface area contributed by atoms with Crippen LogP contribution >= 0.6 is 11.6 Å². The van der Waals surface area contributed by atoms with Gasteiger partial charge in [-0.3, -0.25) is 4.79 Å². The largest absolute Gasteiger partial charge is 0.365 e. The van der Waals surface area contributed by atoms with Gasteiger partial charge in [-0.25, -0.2) is 0 Å². The molecule has 1 amide bonds. The molecule has 3 rings (SSSR count). The highest BCUT2D eigenvalue weighted by atomic mass is 35.5. The van der Waals surface area contributed by atoms with Crippen molar-refractivity contribution in [2.75, 3.05) is 17.3 Å². The molecule has 0 unspecified atom stereocenters. The van der Waals surface area contributed by atoms with Crippen LogP contribution in [0.5, 0.6) is 0 Å². The van der Waals surface area contributed by atoms with Crippen LogP contribution in [0.4, 0.5) is 11.4 Å². The van der Waals surface area contributed by atoms with Crippen LogP contribution in [0.15, 0.2) is 42.0 Å². The monoisotopic (exact) mass is 419 g/mol. The molecule has 0 aliphatic carbocycles. The summed E-state index contributed by atoms with van der Waals surface area (Å²) in [5, 5.41) is 12.9. The molecule has 1 N–H and O–H groups in total. The predicted molar refractivity (Wildman–Crippen MR) is 126 cm³/mol. The molecule has 2 aromatic carbocycles. The Morgan fingerprint density at radius 2 is 1.77 bits per heavy atom. The number of anilines is 2. The summed E-state index contributed by atoms with van der Waals surface area (Å²) in [5.74, 6) is -0.457. The third-order valence-corrected chi connectivity index (χ3v) is 5.81. The number of rotatable bonds is 3. The fraction of sp³-hybridized carbons (Fsp3) is 0.280. The van der Waals surface area contributed by atoms with E-state index in [0.29, 0.717) is 16.3 Å². The highest BCUT2D eigenvalue weighted by Gasteiger charge is 2.29. The van der Waals surface area contributed by atoms with Gasteiger partial charge in [0.1, 0.15) is 11.6 Å². The van der Waals surface area contributed by atoms with Crippen LogP contribution in [0, 0.1) is 25.2 Å². The lowest BCUT2D eigenvalue weighted by Crippen LogP contribution is -2.42. The maximum absolute atomic E-state index is 12.7. The Labute approximate surface area is 183 Å². The third kappa shape index (κ3) is 4.27. The van der Waals surface area contributed by atoms with Gasteiger partial charge in [0, 0.05) is 29.0 Å². The number of fused-ring (bicyclic) bond motifs is 1. The van der Waals surface area contributed by atoms with Crippen LogP contribution < -0.4 is 10.2 Å². The van der Waals surface area contributed by atoms with Crippen LogP contribution in [0.3, 0.4) is 0 Å². The first kappa shape index (κ1) is 21.7. The zero-order valence-corrected chi connectivity index (χ0v) is 19.0. The Bertz CT molecular complexity index is 1120. The fourth-order valence-corrected chi connectivity index (χ4v) is 4.06. The molecular formula is C25H26ClN3O. The van der Waals surface area contributed by atoms with Crippen molar-refractivity contribution in [2.24, 2.45) is 0 Å². The minimum atomic E-state index is -0.457. The molecule has 1 heterocycles. The molecule has 0 aromatic heterocycles. The molecule has 0 spiro atoms. The number of likely N-dealkylation sites (N-methyl/N-ethyl adjacent to an activating group) is 1. The molecule has 0 bridgehead atoms. The number of carbonyl (C=O) groups excluding carboxylic acids is 1. The van der Waals surface area contributed by atoms with E-state index in [-0.39, 0.29) is 11.1 Å². The van der Waals surface area contributed by atoms with E-state index in [1.807, 2.05) is 57.3 Å². The smallest absolute Gasteiger partial charge is 0.266 e. The van der Waals surface area contributed by atoms with E-state index < -0.39 is 5.91 Å². The average molecular weight is 420 g/mol. The van der Waals surface area contributed by atoms with Gasteiger partial charge in [0.15, 0.2) is 0 Å². The van der Waals surface area contributed by atoms with Crippen molar-refractivity contribution in [3.8, 4) is 6.07 Å². The maximum atomic E-state index is 12.7. The summed E-state index contributed by atoms with van der Waals surface area (Å²) in [4.78, 5) is 14.9. The number of nitrogens with one attached hydrogen (secondary N) is 1. The summed E-state index contributed by atoms with van der Waals surface area (Å²) in [6.07, 6.45) is 3.75. The third-order valence-electron chi connectivity index (χ3n) is 5.48. The number of benzene rings is 2. The van der Waals surface area contributed by atoms with E-state index in [9.17, 15) is 10.1 Å². The van der Waals surface area contributed by atoms with Crippen LogP contribution in [-0.4, -0.2) is 18.5 Å². The number of allylic oxidation sites excluding steroid dienone is 1. The number of hydrogen-bond acceptors (Lipinski definition) is 3. The zero-order chi connectivity index (χ0) is 22.2. The van der Waals surface area contributed by atoms with Gasteiger partial charge in [-0.05, 0) is 87.2 Å². The van der Waals surface area contributed by atoms with Crippen molar-refractivity contribution < 1.29 is 4.79 Å². The standard InChI is InChI=1S/C25H26ClN3O/c1-15-7-16(2)9-20(8-15)28-24(30)19(14-27)10-18-11-21-17(3)13-25(4,5)29(6)23(21)12-22(18)26/h7-13H,1-6H3,(H,28,30)/b19-10+. The van der Waals surface area contributed by atoms with Crippen molar-refractivity contribution in [3.05, 3.63) is 69.3 Å². The SMILES string of the molecule is CC1=CC(C)(C)N(C)c2cc(Cl)c(/C=C(\C#N)C(=O)Nc3cc(C)cc(C)c3)cc21. The van der Waals surface area contributed by atoms with E-state index >= 15 is 0 Å². The van der Waals surface area contributed by atoms with E-state index in [0.717, 1.165) is 28.0 Å². The van der Waals surface area contributed by atoms with Crippen molar-refractivity contribution in [2.45, 2.75) is 40.2 Å². The molecular weight excluding hydrogens is 394 g/mol. The molecule has 4 nitrogen and oxygen atoms in total. The second-order valence-electron chi connectivity index (χ2n) is 8.43. The van der Waals surface area contributed by atoms with Crippen LogP contribution in [0.1, 0.15) is 43.0 Å². The highest BCUT2D eigenvalue weighted by Crippen LogP contribution is 2.40. The molecule has 154 valence electrons. The zero-order valence-electron chi connectivity index (χ0n) is 18.2. The number of nitriles is 1. The molecule has 0 fully saturated rings. The maximum Gasteiger partial charge on any atom is 0.266 e. The van der Waals surface area contributed by atoms with Crippen LogP contribution in [0.2, 0.25) is 5.02 Å². The normalized spacial score (nSPS) is 15.2. The van der Waals surface area contributed by atoms with Crippen molar-refractivity contribution in [1.82, 2.24) is 0 Å². The molecule has 5 heteroatoms. The van der Waals surface area contributed by atoms with Gasteiger partial charge in [-0.15, -0.1) is 0 Å². The van der Waals surface area contributed by atoms with Crippen molar-refractivity contribution in [1.29, 1.82) is 5.26 Å². The Kier molecular flexibility index (Phi) is 5.78. The van der Waals surface area contributed by atoms with Crippen LogP contribution in [0.25, 0.3) is 11.6 Å². The molecule has 0 radical (unpaired) electrons. The first-order valence-corrected chi connectivity index (χ1v) is 10.2. The Morgan fingerprint density at radius 1 is 1.13 bits per heavy atom. The summed E-state index contributed by atoms with van der Waals surface area (Å²) in [5.41, 5.74) is 6.47. The number of aryl methyl sites for hydroxylation is 2. The van der Waals surface area contributed by atoms with Gasteiger partial charge in [0.25, 0.3) is 5.91 Å². The molecule has 1 aliphatic rings. The fourth-order valence-electron chi connectivity index (χ4n) is 3.85. The summed E-state index contributed by atoms with van der Waals surface area (Å²) in [6.45, 7) is 10.3. The first-order chi connectivity index (χ1) is 14.0. The molecule has 2 aromatic rings. The minimum absolute atomic E-state index is 0.00198. The average Bonchev–Trinajstić information content (AvgIpc) is 2.63. The van der Waals surface area contributed by atoms with Crippen molar-refractivity contribution in [3.63, 3.8) is 0 Å². The number of amides is 1. The molecule has 0 atom stereocenters. The first-order valence-electron chi connectivity index (χ1n) is 9.80. The number of nitrogens with zero attached hydrogens (tertiary/aromatic N) is 2. The Morgan fingerprint density at radius 3 is 2.37 bits per heavy atom. The number of hydrogen-bond donors (Lipinski definition) is 1. The summed E-state index contributed by atoms with van der Waals surface area (Å²) in [7, 11) is 2.03. The molecule has 30 heavy (non-hydrogen) atoms. The lowest BCUT2D eigenvalue weighted by Gasteiger charge is -2.40.